The summed E-state index contributed by atoms with van der Waals surface area (Å²) in [5, 5.41) is 3.88. The van der Waals surface area contributed by atoms with Crippen LogP contribution in [0.15, 0.2) is 23.1 Å². The van der Waals surface area contributed by atoms with Crippen LogP contribution in [0.3, 0.4) is 0 Å². The van der Waals surface area contributed by atoms with Gasteiger partial charge in [0.1, 0.15) is 5.82 Å². The SMILES string of the molecule is CNC(=O)NC(=O)C(C)Sc1cc(N)cc(F)c1. The maximum Gasteiger partial charge on any atom is 0.321 e. The Morgan fingerprint density at radius 2 is 2.06 bits per heavy atom. The van der Waals surface area contributed by atoms with E-state index in [0.717, 1.165) is 11.8 Å². The first-order valence-electron chi connectivity index (χ1n) is 5.17. The van der Waals surface area contributed by atoms with Crippen LogP contribution in [-0.4, -0.2) is 24.2 Å². The van der Waals surface area contributed by atoms with E-state index >= 15 is 0 Å². The number of nitrogen functional groups attached to an aromatic ring is 1. The molecule has 5 nitrogen and oxygen atoms in total. The van der Waals surface area contributed by atoms with E-state index in [9.17, 15) is 14.0 Å². The molecule has 3 amide bonds. The number of thioether (sulfide) groups is 1. The highest BCUT2D eigenvalue weighted by molar-refractivity contribution is 8.00. The minimum absolute atomic E-state index is 0.288. The van der Waals surface area contributed by atoms with Gasteiger partial charge in [0.25, 0.3) is 0 Å². The van der Waals surface area contributed by atoms with Crippen molar-refractivity contribution in [3.05, 3.63) is 24.0 Å². The number of carbonyl (C=O) groups excluding carboxylic acids is 2. The van der Waals surface area contributed by atoms with Crippen molar-refractivity contribution < 1.29 is 14.0 Å². The molecule has 98 valence electrons. The Balaban J connectivity index is 2.66. The fourth-order valence-electron chi connectivity index (χ4n) is 1.19. The van der Waals surface area contributed by atoms with Crippen molar-refractivity contribution in [3.63, 3.8) is 0 Å². The van der Waals surface area contributed by atoms with Gasteiger partial charge in [0.15, 0.2) is 0 Å². The molecule has 0 bridgehead atoms. The van der Waals surface area contributed by atoms with Crippen LogP contribution in [0.1, 0.15) is 6.92 Å². The zero-order chi connectivity index (χ0) is 13.7. The van der Waals surface area contributed by atoms with Gasteiger partial charge in [0.05, 0.1) is 5.25 Å². The normalized spacial score (nSPS) is 11.7. The molecule has 0 aromatic heterocycles. The molecule has 1 aromatic carbocycles. The second-order valence-corrected chi connectivity index (χ2v) is 4.96. The number of hydrogen-bond acceptors (Lipinski definition) is 4. The lowest BCUT2D eigenvalue weighted by Gasteiger charge is -2.11. The van der Waals surface area contributed by atoms with E-state index in [2.05, 4.69) is 10.6 Å². The van der Waals surface area contributed by atoms with Crippen molar-refractivity contribution in [1.29, 1.82) is 0 Å². The van der Waals surface area contributed by atoms with Crippen molar-refractivity contribution in [1.82, 2.24) is 10.6 Å². The lowest BCUT2D eigenvalue weighted by Crippen LogP contribution is -2.41. The number of benzene rings is 1. The largest absolute Gasteiger partial charge is 0.399 e. The Labute approximate surface area is 108 Å². The number of carbonyl (C=O) groups is 2. The lowest BCUT2D eigenvalue weighted by atomic mass is 10.3. The van der Waals surface area contributed by atoms with Crippen LogP contribution in [0.4, 0.5) is 14.9 Å². The molecule has 1 unspecified atom stereocenters. The van der Waals surface area contributed by atoms with E-state index in [1.807, 2.05) is 0 Å². The van der Waals surface area contributed by atoms with E-state index in [1.54, 1.807) is 13.0 Å². The second-order valence-electron chi connectivity index (χ2n) is 3.55. The van der Waals surface area contributed by atoms with Crippen LogP contribution in [0.25, 0.3) is 0 Å². The number of nitrogens with one attached hydrogen (secondary N) is 2. The third kappa shape index (κ3) is 4.25. The van der Waals surface area contributed by atoms with Gasteiger partial charge in [0.2, 0.25) is 5.91 Å². The third-order valence-corrected chi connectivity index (χ3v) is 3.12. The molecule has 0 spiro atoms. The number of nitrogens with two attached hydrogens (primary N) is 1. The van der Waals surface area contributed by atoms with Gasteiger partial charge in [-0.1, -0.05) is 0 Å². The van der Waals surface area contributed by atoms with Crippen LogP contribution in [0, 0.1) is 5.82 Å². The van der Waals surface area contributed by atoms with Gasteiger partial charge in [0, 0.05) is 17.6 Å². The molecule has 0 aliphatic heterocycles. The van der Waals surface area contributed by atoms with Crippen molar-refractivity contribution in [2.75, 3.05) is 12.8 Å². The number of halogens is 1. The van der Waals surface area contributed by atoms with Crippen LogP contribution in [0.5, 0.6) is 0 Å². The monoisotopic (exact) mass is 271 g/mol. The highest BCUT2D eigenvalue weighted by Gasteiger charge is 2.16. The summed E-state index contributed by atoms with van der Waals surface area (Å²) in [5.74, 6) is -0.918. The van der Waals surface area contributed by atoms with Gasteiger partial charge in [-0.3, -0.25) is 10.1 Å². The summed E-state index contributed by atoms with van der Waals surface area (Å²) < 4.78 is 13.1. The summed E-state index contributed by atoms with van der Waals surface area (Å²) >= 11 is 1.12. The summed E-state index contributed by atoms with van der Waals surface area (Å²) in [6, 6.07) is 3.47. The summed E-state index contributed by atoms with van der Waals surface area (Å²) in [7, 11) is 1.41. The molecular formula is C11H14FN3O2S. The summed E-state index contributed by atoms with van der Waals surface area (Å²) in [6.07, 6.45) is 0. The molecule has 18 heavy (non-hydrogen) atoms. The fourth-order valence-corrected chi connectivity index (χ4v) is 2.15. The molecule has 0 saturated heterocycles. The number of urea groups is 1. The second kappa shape index (κ2) is 6.25. The third-order valence-electron chi connectivity index (χ3n) is 2.04. The molecule has 1 aromatic rings. The Morgan fingerprint density at radius 3 is 2.61 bits per heavy atom. The van der Waals surface area contributed by atoms with Crippen LogP contribution >= 0.6 is 11.8 Å². The number of rotatable bonds is 3. The molecule has 0 aliphatic carbocycles. The van der Waals surface area contributed by atoms with Gasteiger partial charge >= 0.3 is 6.03 Å². The van der Waals surface area contributed by atoms with E-state index in [1.165, 1.54) is 19.2 Å². The van der Waals surface area contributed by atoms with Gasteiger partial charge in [-0.05, 0) is 25.1 Å². The fraction of sp³-hybridized carbons (Fsp3) is 0.273. The maximum absolute atomic E-state index is 13.1. The number of anilines is 1. The Morgan fingerprint density at radius 1 is 1.39 bits per heavy atom. The first kappa shape index (κ1) is 14.3. The number of amides is 3. The Bertz CT molecular complexity index is 447. The first-order chi connectivity index (χ1) is 8.42. The highest BCUT2D eigenvalue weighted by atomic mass is 32.2. The average Bonchev–Trinajstić information content (AvgIpc) is 2.27. The van der Waals surface area contributed by atoms with Crippen molar-refractivity contribution in [3.8, 4) is 0 Å². The molecular weight excluding hydrogens is 257 g/mol. The number of imide groups is 1. The van der Waals surface area contributed by atoms with Gasteiger partial charge in [-0.2, -0.15) is 0 Å². The molecule has 7 heteroatoms. The molecule has 0 saturated carbocycles. The summed E-state index contributed by atoms with van der Waals surface area (Å²) in [4.78, 5) is 23.1. The smallest absolute Gasteiger partial charge is 0.321 e. The predicted molar refractivity (Wildman–Crippen MR) is 68.7 cm³/mol. The Hall–Kier alpha value is -1.76. The van der Waals surface area contributed by atoms with Crippen LogP contribution in [-0.2, 0) is 4.79 Å². The molecule has 0 heterocycles. The quantitative estimate of drug-likeness (QED) is 0.572. The summed E-state index contributed by atoms with van der Waals surface area (Å²) in [5.41, 5.74) is 5.78. The average molecular weight is 271 g/mol. The maximum atomic E-state index is 13.1. The van der Waals surface area contributed by atoms with E-state index < -0.39 is 23.0 Å². The van der Waals surface area contributed by atoms with Gasteiger partial charge in [-0.15, -0.1) is 11.8 Å². The van der Waals surface area contributed by atoms with Gasteiger partial charge in [-0.25, -0.2) is 9.18 Å². The number of hydrogen-bond donors (Lipinski definition) is 3. The highest BCUT2D eigenvalue weighted by Crippen LogP contribution is 2.26. The zero-order valence-corrected chi connectivity index (χ0v) is 10.8. The van der Waals surface area contributed by atoms with Crippen LogP contribution < -0.4 is 16.4 Å². The van der Waals surface area contributed by atoms with Crippen molar-refractivity contribution >= 4 is 29.4 Å². The Kier molecular flexibility index (Phi) is 4.96. The van der Waals surface area contributed by atoms with Crippen LogP contribution in [0.2, 0.25) is 0 Å². The molecule has 4 N–H and O–H groups in total. The molecule has 0 aliphatic rings. The lowest BCUT2D eigenvalue weighted by molar-refractivity contribution is -0.119. The summed E-state index contributed by atoms with van der Waals surface area (Å²) in [6.45, 7) is 1.62. The minimum Gasteiger partial charge on any atom is -0.399 e. The predicted octanol–water partition coefficient (Wildman–Crippen LogP) is 1.34. The molecule has 0 radical (unpaired) electrons. The van der Waals surface area contributed by atoms with E-state index in [0.29, 0.717) is 4.90 Å². The molecule has 0 fully saturated rings. The molecule has 1 atom stereocenters. The van der Waals surface area contributed by atoms with Gasteiger partial charge < -0.3 is 11.1 Å². The van der Waals surface area contributed by atoms with E-state index in [-0.39, 0.29) is 5.69 Å². The first-order valence-corrected chi connectivity index (χ1v) is 6.05. The van der Waals surface area contributed by atoms with E-state index in [4.69, 9.17) is 5.73 Å². The topological polar surface area (TPSA) is 84.2 Å². The zero-order valence-electron chi connectivity index (χ0n) is 9.99. The minimum atomic E-state index is -0.578. The van der Waals surface area contributed by atoms with Crippen molar-refractivity contribution in [2.24, 2.45) is 0 Å². The molecule has 1 rings (SSSR count). The van der Waals surface area contributed by atoms with Crippen molar-refractivity contribution in [2.45, 2.75) is 17.1 Å². The standard InChI is InChI=1S/C11H14FN3O2S/c1-6(10(16)15-11(17)14-2)18-9-4-7(12)3-8(13)5-9/h3-6H,13H2,1-2H3,(H2,14,15,16,17).